The third kappa shape index (κ3) is 8.22. The Morgan fingerprint density at radius 2 is 1.54 bits per heavy atom. The summed E-state index contributed by atoms with van der Waals surface area (Å²) in [6.45, 7) is 8.17. The first-order chi connectivity index (χ1) is 18.5. The van der Waals surface area contributed by atoms with Gasteiger partial charge in [0.25, 0.3) is 0 Å². The molecule has 2 amide bonds. The first-order valence-electron chi connectivity index (χ1n) is 12.5. The van der Waals surface area contributed by atoms with Gasteiger partial charge in [-0.1, -0.05) is 50.2 Å². The lowest BCUT2D eigenvalue weighted by atomic mass is 10.1. The van der Waals surface area contributed by atoms with Gasteiger partial charge in [0, 0.05) is 13.1 Å². The Morgan fingerprint density at radius 3 is 2.18 bits per heavy atom. The Bertz CT molecular complexity index is 1390. The van der Waals surface area contributed by atoms with Crippen LogP contribution in [0.2, 0.25) is 0 Å². The molecule has 0 atom stereocenters. The van der Waals surface area contributed by atoms with Crippen molar-refractivity contribution in [1.82, 2.24) is 4.90 Å². The Morgan fingerprint density at radius 1 is 0.897 bits per heavy atom. The van der Waals surface area contributed by atoms with Crippen molar-refractivity contribution in [2.75, 3.05) is 19.0 Å². The number of ether oxygens (including phenoxy) is 2. The molecule has 3 aromatic carbocycles. The summed E-state index contributed by atoms with van der Waals surface area (Å²) in [7, 11) is -2.78. The molecule has 0 aliphatic carbocycles. The third-order valence-electron chi connectivity index (χ3n) is 5.44. The van der Waals surface area contributed by atoms with Crippen LogP contribution < -0.4 is 14.2 Å². The molecule has 10 heteroatoms. The maximum Gasteiger partial charge on any atom is 0.340 e. The number of carbonyl (C=O) groups excluding carboxylic acids is 2. The van der Waals surface area contributed by atoms with Crippen molar-refractivity contribution in [1.29, 1.82) is 0 Å². The molecule has 3 rings (SSSR count). The van der Waals surface area contributed by atoms with Gasteiger partial charge in [0.2, 0.25) is 0 Å². The summed E-state index contributed by atoms with van der Waals surface area (Å²) in [5, 5.41) is 2.89. The zero-order chi connectivity index (χ0) is 28.6. The number of nitrogens with one attached hydrogen (secondary N) is 1. The highest BCUT2D eigenvalue weighted by Gasteiger charge is 2.26. The van der Waals surface area contributed by atoms with E-state index < -0.39 is 22.2 Å². The van der Waals surface area contributed by atoms with E-state index in [9.17, 15) is 18.0 Å². The predicted molar refractivity (Wildman–Crippen MR) is 149 cm³/mol. The number of methoxy groups -OCH3 is 1. The van der Waals surface area contributed by atoms with Crippen molar-refractivity contribution in [3.63, 3.8) is 0 Å². The van der Waals surface area contributed by atoms with Crippen LogP contribution in [-0.4, -0.2) is 45.1 Å². The minimum atomic E-state index is -4.32. The highest BCUT2D eigenvalue weighted by molar-refractivity contribution is 7.87. The molecule has 208 valence electrons. The van der Waals surface area contributed by atoms with Crippen LogP contribution in [0.4, 0.5) is 10.5 Å². The van der Waals surface area contributed by atoms with E-state index in [4.69, 9.17) is 13.7 Å². The normalized spacial score (nSPS) is 11.3. The second-order valence-electron chi connectivity index (χ2n) is 9.54. The maximum atomic E-state index is 13.1. The van der Waals surface area contributed by atoms with Crippen molar-refractivity contribution >= 4 is 27.8 Å². The smallest absolute Gasteiger partial charge is 0.340 e. The third-order valence-corrected chi connectivity index (χ3v) is 6.75. The molecular weight excluding hydrogens is 520 g/mol. The Balaban J connectivity index is 1.75. The first kappa shape index (κ1) is 29.5. The van der Waals surface area contributed by atoms with Gasteiger partial charge in [-0.05, 0) is 61.7 Å². The fourth-order valence-electron chi connectivity index (χ4n) is 3.78. The van der Waals surface area contributed by atoms with Gasteiger partial charge >= 0.3 is 22.1 Å². The molecule has 0 aliphatic rings. The van der Waals surface area contributed by atoms with Gasteiger partial charge in [-0.2, -0.15) is 8.42 Å². The van der Waals surface area contributed by atoms with Gasteiger partial charge in [-0.3, -0.25) is 0 Å². The number of rotatable bonds is 11. The number of nitrogens with zero attached hydrogens (tertiary/aromatic N) is 1. The van der Waals surface area contributed by atoms with Gasteiger partial charge in [-0.15, -0.1) is 0 Å². The summed E-state index contributed by atoms with van der Waals surface area (Å²) in [4.78, 5) is 26.9. The summed E-state index contributed by atoms with van der Waals surface area (Å²) in [5.41, 5.74) is 1.23. The van der Waals surface area contributed by atoms with Crippen LogP contribution in [0.15, 0.2) is 77.7 Å². The fraction of sp³-hybridized carbons (Fsp3) is 0.310. The summed E-state index contributed by atoms with van der Waals surface area (Å²) >= 11 is 0. The molecule has 0 saturated heterocycles. The highest BCUT2D eigenvalue weighted by Crippen LogP contribution is 2.25. The molecule has 3 aromatic rings. The Hall–Kier alpha value is -4.05. The van der Waals surface area contributed by atoms with Crippen LogP contribution in [0.25, 0.3) is 0 Å². The lowest BCUT2D eigenvalue weighted by molar-refractivity contribution is 0.0373. The van der Waals surface area contributed by atoms with Crippen molar-refractivity contribution in [2.45, 2.75) is 45.2 Å². The topological polar surface area (TPSA) is 111 Å². The molecule has 0 bridgehead atoms. The first-order valence-corrected chi connectivity index (χ1v) is 13.9. The molecule has 0 saturated carbocycles. The SMILES string of the molecule is COc1ccccc1NC(=O)N(Cc1ccc(OS(=O)(=O)c2ccccc2C(=O)OC(C)C)cc1)CC(C)C. The Kier molecular flexibility index (Phi) is 9.95. The number of esters is 1. The molecule has 0 heterocycles. The largest absolute Gasteiger partial charge is 0.495 e. The van der Waals surface area contributed by atoms with Crippen LogP contribution in [0.3, 0.4) is 0 Å². The molecule has 0 radical (unpaired) electrons. The molecular formula is C29H34N2O7S. The van der Waals surface area contributed by atoms with Crippen LogP contribution >= 0.6 is 0 Å². The Labute approximate surface area is 229 Å². The summed E-state index contributed by atoms with van der Waals surface area (Å²) < 4.78 is 41.8. The molecule has 39 heavy (non-hydrogen) atoms. The van der Waals surface area contributed by atoms with Crippen LogP contribution in [0, 0.1) is 5.92 Å². The lowest BCUT2D eigenvalue weighted by Crippen LogP contribution is -2.37. The van der Waals surface area contributed by atoms with Crippen molar-refractivity contribution < 1.29 is 31.7 Å². The molecule has 0 aromatic heterocycles. The zero-order valence-corrected chi connectivity index (χ0v) is 23.5. The van der Waals surface area contributed by atoms with Crippen molar-refractivity contribution in [3.8, 4) is 11.5 Å². The van der Waals surface area contributed by atoms with E-state index in [0.29, 0.717) is 18.0 Å². The van der Waals surface area contributed by atoms with Gasteiger partial charge in [-0.25, -0.2) is 9.59 Å². The van der Waals surface area contributed by atoms with Crippen molar-refractivity contribution in [2.24, 2.45) is 5.92 Å². The second-order valence-corrected chi connectivity index (χ2v) is 11.1. The second kappa shape index (κ2) is 13.1. The van der Waals surface area contributed by atoms with E-state index in [-0.39, 0.29) is 34.7 Å². The summed E-state index contributed by atoms with van der Waals surface area (Å²) in [6.07, 6.45) is -0.409. The van der Waals surface area contributed by atoms with E-state index >= 15 is 0 Å². The van der Waals surface area contributed by atoms with Crippen LogP contribution in [0.1, 0.15) is 43.6 Å². The number of hydrogen-bond acceptors (Lipinski definition) is 7. The lowest BCUT2D eigenvalue weighted by Gasteiger charge is -2.25. The van der Waals surface area contributed by atoms with Crippen molar-refractivity contribution in [3.05, 3.63) is 83.9 Å². The van der Waals surface area contributed by atoms with Gasteiger partial charge in [0.1, 0.15) is 16.4 Å². The van der Waals surface area contributed by atoms with Gasteiger partial charge in [0.15, 0.2) is 0 Å². The number of urea groups is 1. The number of para-hydroxylation sites is 2. The number of amides is 2. The summed E-state index contributed by atoms with van der Waals surface area (Å²) in [6, 6.07) is 19.0. The van der Waals surface area contributed by atoms with Crippen LogP contribution in [0.5, 0.6) is 11.5 Å². The minimum Gasteiger partial charge on any atom is -0.495 e. The number of benzene rings is 3. The average Bonchev–Trinajstić information content (AvgIpc) is 2.89. The summed E-state index contributed by atoms with van der Waals surface area (Å²) in [5.74, 6) is 0.0835. The highest BCUT2D eigenvalue weighted by atomic mass is 32.2. The molecule has 0 spiro atoms. The number of hydrogen-bond donors (Lipinski definition) is 1. The van der Waals surface area contributed by atoms with E-state index in [2.05, 4.69) is 5.32 Å². The number of carbonyl (C=O) groups is 2. The monoisotopic (exact) mass is 554 g/mol. The van der Waals surface area contributed by atoms with Gasteiger partial charge < -0.3 is 23.9 Å². The van der Waals surface area contributed by atoms with Crippen LogP contribution in [-0.2, 0) is 21.4 Å². The van der Waals surface area contributed by atoms with E-state index in [1.54, 1.807) is 49.1 Å². The standard InChI is InChI=1S/C29H34N2O7S/c1-20(2)18-31(29(33)30-25-11-7-8-12-26(25)36-5)19-22-14-16-23(17-15-22)38-39(34,35)27-13-9-6-10-24(27)28(32)37-21(3)4/h6-17,20-21H,18-19H2,1-5H3,(H,30,33). The molecule has 1 N–H and O–H groups in total. The molecule has 0 unspecified atom stereocenters. The predicted octanol–water partition coefficient (Wildman–Crippen LogP) is 5.72. The molecule has 0 fully saturated rings. The quantitative estimate of drug-likeness (QED) is 0.238. The van der Waals surface area contributed by atoms with E-state index in [0.717, 1.165) is 5.56 Å². The zero-order valence-electron chi connectivity index (χ0n) is 22.7. The van der Waals surface area contributed by atoms with E-state index in [1.807, 2.05) is 26.0 Å². The number of anilines is 1. The molecule has 0 aliphatic heterocycles. The minimum absolute atomic E-state index is 0.0691. The average molecular weight is 555 g/mol. The maximum absolute atomic E-state index is 13.1. The van der Waals surface area contributed by atoms with Gasteiger partial charge in [0.05, 0.1) is 24.5 Å². The molecule has 9 nitrogen and oxygen atoms in total. The fourth-order valence-corrected chi connectivity index (χ4v) is 4.90. The van der Waals surface area contributed by atoms with E-state index in [1.165, 1.54) is 37.4 Å².